The molecule has 0 radical (unpaired) electrons. The standard InChI is InChI=1S/C12H10F2N2O4S/c1-7-9(12(17)18)6-16(21(19,20)15-7)5-8-2-3-10(13)11(14)4-8/h2-4,6H,5H2,1H3,(H,17,18). The molecule has 0 aromatic heterocycles. The zero-order chi connectivity index (χ0) is 15.8. The Morgan fingerprint density at radius 2 is 2.00 bits per heavy atom. The Balaban J connectivity index is 2.38. The largest absolute Gasteiger partial charge is 0.478 e. The Labute approximate surface area is 119 Å². The minimum atomic E-state index is -4.09. The lowest BCUT2D eigenvalue weighted by Gasteiger charge is -2.22. The zero-order valence-electron chi connectivity index (χ0n) is 10.7. The number of hydrogen-bond donors (Lipinski definition) is 1. The molecule has 1 heterocycles. The summed E-state index contributed by atoms with van der Waals surface area (Å²) in [5, 5.41) is 8.96. The number of halogens is 2. The number of hydrogen-bond acceptors (Lipinski definition) is 3. The van der Waals surface area contributed by atoms with Gasteiger partial charge in [-0.1, -0.05) is 6.07 Å². The molecule has 0 bridgehead atoms. The van der Waals surface area contributed by atoms with Gasteiger partial charge in [0.1, 0.15) is 0 Å². The molecule has 0 atom stereocenters. The summed E-state index contributed by atoms with van der Waals surface area (Å²) < 4.78 is 53.6. The summed E-state index contributed by atoms with van der Waals surface area (Å²) in [6.07, 6.45) is 0.904. The summed E-state index contributed by atoms with van der Waals surface area (Å²) in [5.74, 6) is -3.51. The average Bonchev–Trinajstić information content (AvgIpc) is 2.36. The molecule has 0 aliphatic carbocycles. The average molecular weight is 316 g/mol. The van der Waals surface area contributed by atoms with E-state index in [9.17, 15) is 22.0 Å². The molecule has 0 unspecified atom stereocenters. The molecule has 0 fully saturated rings. The van der Waals surface area contributed by atoms with Crippen LogP contribution in [0.4, 0.5) is 8.78 Å². The molecule has 0 spiro atoms. The van der Waals surface area contributed by atoms with Crippen LogP contribution in [-0.2, 0) is 21.5 Å². The first kappa shape index (κ1) is 15.1. The summed E-state index contributed by atoms with van der Waals surface area (Å²) in [4.78, 5) is 11.0. The van der Waals surface area contributed by atoms with Gasteiger partial charge in [-0.25, -0.2) is 13.6 Å². The minimum absolute atomic E-state index is 0.149. The van der Waals surface area contributed by atoms with Crippen molar-refractivity contribution in [1.29, 1.82) is 0 Å². The Bertz CT molecular complexity index is 771. The van der Waals surface area contributed by atoms with E-state index in [0.717, 1.165) is 18.3 Å². The van der Waals surface area contributed by atoms with Crippen molar-refractivity contribution >= 4 is 21.9 Å². The van der Waals surface area contributed by atoms with Crippen LogP contribution in [-0.4, -0.2) is 29.5 Å². The highest BCUT2D eigenvalue weighted by molar-refractivity contribution is 7.88. The molecule has 1 aromatic carbocycles. The number of benzene rings is 1. The van der Waals surface area contributed by atoms with E-state index >= 15 is 0 Å². The molecule has 1 aliphatic heterocycles. The number of carbonyl (C=O) groups is 1. The summed E-state index contributed by atoms with van der Waals surface area (Å²) in [5.41, 5.74) is -0.273. The number of nitrogens with zero attached hydrogens (tertiary/aromatic N) is 2. The van der Waals surface area contributed by atoms with Crippen LogP contribution in [0.3, 0.4) is 0 Å². The van der Waals surface area contributed by atoms with E-state index in [1.165, 1.54) is 13.0 Å². The number of rotatable bonds is 3. The van der Waals surface area contributed by atoms with Crippen molar-refractivity contribution in [3.05, 3.63) is 47.2 Å². The van der Waals surface area contributed by atoms with Crippen LogP contribution >= 0.6 is 0 Å². The second kappa shape index (κ2) is 5.24. The van der Waals surface area contributed by atoms with Crippen molar-refractivity contribution in [3.8, 4) is 0 Å². The van der Waals surface area contributed by atoms with Crippen molar-refractivity contribution in [3.63, 3.8) is 0 Å². The van der Waals surface area contributed by atoms with Crippen molar-refractivity contribution < 1.29 is 27.1 Å². The summed E-state index contributed by atoms with van der Waals surface area (Å²) in [6, 6.07) is 2.90. The highest BCUT2D eigenvalue weighted by Crippen LogP contribution is 2.20. The molecule has 6 nitrogen and oxygen atoms in total. The predicted molar refractivity (Wildman–Crippen MR) is 69.6 cm³/mol. The monoisotopic (exact) mass is 316 g/mol. The van der Waals surface area contributed by atoms with E-state index in [4.69, 9.17) is 5.11 Å². The Kier molecular flexibility index (Phi) is 3.77. The van der Waals surface area contributed by atoms with Gasteiger partial charge in [0.05, 0.1) is 17.8 Å². The van der Waals surface area contributed by atoms with E-state index in [-0.39, 0.29) is 23.4 Å². The third kappa shape index (κ3) is 3.07. The van der Waals surface area contributed by atoms with Gasteiger partial charge in [-0.05, 0) is 24.6 Å². The lowest BCUT2D eigenvalue weighted by atomic mass is 10.2. The van der Waals surface area contributed by atoms with Gasteiger partial charge in [-0.15, -0.1) is 4.40 Å². The van der Waals surface area contributed by atoms with Crippen molar-refractivity contribution in [2.24, 2.45) is 4.40 Å². The first-order valence-electron chi connectivity index (χ1n) is 5.68. The van der Waals surface area contributed by atoms with Crippen LogP contribution < -0.4 is 0 Å². The number of carboxylic acid groups (broad SMARTS) is 1. The van der Waals surface area contributed by atoms with E-state index in [1.807, 2.05) is 0 Å². The molecular weight excluding hydrogens is 306 g/mol. The Morgan fingerprint density at radius 3 is 2.57 bits per heavy atom. The summed E-state index contributed by atoms with van der Waals surface area (Å²) in [7, 11) is -4.09. The van der Waals surface area contributed by atoms with Crippen LogP contribution in [0.25, 0.3) is 0 Å². The molecular formula is C12H10F2N2O4S. The number of aliphatic carboxylic acids is 1. The second-order valence-corrected chi connectivity index (χ2v) is 5.84. The third-order valence-electron chi connectivity index (χ3n) is 2.76. The SMILES string of the molecule is CC1=NS(=O)(=O)N(Cc2ccc(F)c(F)c2)C=C1C(=O)O. The maximum Gasteiger partial charge on any atom is 0.344 e. The predicted octanol–water partition coefficient (Wildman–Crippen LogP) is 1.45. The molecule has 1 N–H and O–H groups in total. The Morgan fingerprint density at radius 1 is 1.33 bits per heavy atom. The van der Waals surface area contributed by atoms with Gasteiger partial charge in [0.25, 0.3) is 0 Å². The van der Waals surface area contributed by atoms with Crippen LogP contribution in [0.15, 0.2) is 34.4 Å². The van der Waals surface area contributed by atoms with Crippen molar-refractivity contribution in [2.75, 3.05) is 0 Å². The van der Waals surface area contributed by atoms with Crippen molar-refractivity contribution in [2.45, 2.75) is 13.5 Å². The maximum absolute atomic E-state index is 13.1. The van der Waals surface area contributed by atoms with Gasteiger partial charge in [0.15, 0.2) is 11.6 Å². The van der Waals surface area contributed by atoms with E-state index < -0.39 is 27.8 Å². The molecule has 1 aliphatic rings. The smallest absolute Gasteiger partial charge is 0.344 e. The third-order valence-corrected chi connectivity index (χ3v) is 4.10. The fourth-order valence-electron chi connectivity index (χ4n) is 1.73. The van der Waals surface area contributed by atoms with Crippen LogP contribution in [0.5, 0.6) is 0 Å². The minimum Gasteiger partial charge on any atom is -0.478 e. The zero-order valence-corrected chi connectivity index (χ0v) is 11.6. The molecule has 112 valence electrons. The molecule has 2 rings (SSSR count). The normalized spacial score (nSPS) is 17.2. The van der Waals surface area contributed by atoms with Gasteiger partial charge in [-0.3, -0.25) is 4.31 Å². The Hall–Kier alpha value is -2.29. The lowest BCUT2D eigenvalue weighted by Crippen LogP contribution is -2.31. The molecule has 21 heavy (non-hydrogen) atoms. The fraction of sp³-hybridized carbons (Fsp3) is 0.167. The van der Waals surface area contributed by atoms with Gasteiger partial charge in [0, 0.05) is 6.20 Å². The maximum atomic E-state index is 13.1. The highest BCUT2D eigenvalue weighted by atomic mass is 32.2. The van der Waals surface area contributed by atoms with Crippen LogP contribution in [0.1, 0.15) is 12.5 Å². The van der Waals surface area contributed by atoms with E-state index in [0.29, 0.717) is 4.31 Å². The topological polar surface area (TPSA) is 87.0 Å². The number of carboxylic acids is 1. The van der Waals surface area contributed by atoms with Crippen LogP contribution in [0, 0.1) is 11.6 Å². The van der Waals surface area contributed by atoms with E-state index in [1.54, 1.807) is 0 Å². The first-order valence-corrected chi connectivity index (χ1v) is 7.08. The molecule has 0 saturated heterocycles. The molecule has 9 heteroatoms. The van der Waals surface area contributed by atoms with Gasteiger partial charge in [0.2, 0.25) is 0 Å². The fourth-order valence-corrected chi connectivity index (χ4v) is 2.83. The van der Waals surface area contributed by atoms with Gasteiger partial charge in [-0.2, -0.15) is 8.42 Å². The molecule has 1 aromatic rings. The molecule has 0 amide bonds. The lowest BCUT2D eigenvalue weighted by molar-refractivity contribution is -0.132. The summed E-state index contributed by atoms with van der Waals surface area (Å²) in [6.45, 7) is 0.902. The summed E-state index contributed by atoms with van der Waals surface area (Å²) >= 11 is 0. The second-order valence-electron chi connectivity index (χ2n) is 4.30. The van der Waals surface area contributed by atoms with Crippen LogP contribution in [0.2, 0.25) is 0 Å². The van der Waals surface area contributed by atoms with Crippen molar-refractivity contribution in [1.82, 2.24) is 4.31 Å². The highest BCUT2D eigenvalue weighted by Gasteiger charge is 2.28. The molecule has 0 saturated carbocycles. The van der Waals surface area contributed by atoms with Gasteiger partial charge >= 0.3 is 16.2 Å². The van der Waals surface area contributed by atoms with E-state index in [2.05, 4.69) is 4.40 Å². The first-order chi connectivity index (χ1) is 9.70. The quantitative estimate of drug-likeness (QED) is 0.914. The van der Waals surface area contributed by atoms with Gasteiger partial charge < -0.3 is 5.11 Å².